The van der Waals surface area contributed by atoms with Gasteiger partial charge in [0.2, 0.25) is 11.8 Å². The van der Waals surface area contributed by atoms with E-state index in [4.69, 9.17) is 6.42 Å². The van der Waals surface area contributed by atoms with E-state index in [1.807, 2.05) is 24.4 Å². The Labute approximate surface area is 155 Å². The Kier molecular flexibility index (Phi) is 3.49. The summed E-state index contributed by atoms with van der Waals surface area (Å²) >= 11 is 0. The van der Waals surface area contributed by atoms with Crippen molar-refractivity contribution in [3.05, 3.63) is 47.8 Å². The monoisotopic (exact) mass is 354 g/mol. The van der Waals surface area contributed by atoms with Gasteiger partial charge in [-0.2, -0.15) is 10.1 Å². The fraction of sp³-hybridized carbons (Fsp3) is 0.150. The van der Waals surface area contributed by atoms with Crippen molar-refractivity contribution in [3.63, 3.8) is 0 Å². The number of terminal acetylenes is 1. The zero-order chi connectivity index (χ0) is 18.2. The van der Waals surface area contributed by atoms with Crippen LogP contribution >= 0.6 is 0 Å². The lowest BCUT2D eigenvalue weighted by molar-refractivity contribution is 1.09. The Hall–Kier alpha value is -3.88. The van der Waals surface area contributed by atoms with Crippen LogP contribution in [0.3, 0.4) is 0 Å². The molecule has 1 fully saturated rings. The van der Waals surface area contributed by atoms with Gasteiger partial charge in [0.15, 0.2) is 6.21 Å². The number of allylic oxidation sites excluding steroid dienone is 1. The number of hydrogen-bond acceptors (Lipinski definition) is 5. The molecular weight excluding hydrogens is 338 g/mol. The molecule has 0 spiro atoms. The van der Waals surface area contributed by atoms with Crippen molar-refractivity contribution in [1.82, 2.24) is 24.8 Å². The first-order chi connectivity index (χ1) is 13.3. The van der Waals surface area contributed by atoms with Crippen molar-refractivity contribution in [3.8, 4) is 12.3 Å². The molecule has 0 radical (unpaired) electrons. The molecule has 0 atom stereocenters. The normalized spacial score (nSPS) is 15.4. The van der Waals surface area contributed by atoms with Crippen LogP contribution in [0.25, 0.3) is 10.9 Å². The summed E-state index contributed by atoms with van der Waals surface area (Å²) in [5.74, 6) is 5.02. The third-order valence-corrected chi connectivity index (χ3v) is 4.59. The van der Waals surface area contributed by atoms with Crippen LogP contribution in [-0.4, -0.2) is 32.2 Å². The molecule has 2 aliphatic rings. The molecule has 5 rings (SSSR count). The van der Waals surface area contributed by atoms with Gasteiger partial charge in [-0.15, -0.1) is 6.42 Å². The van der Waals surface area contributed by atoms with E-state index in [0.29, 0.717) is 23.2 Å². The summed E-state index contributed by atoms with van der Waals surface area (Å²) in [5, 5.41) is 14.4. The van der Waals surface area contributed by atoms with Crippen LogP contribution in [0.2, 0.25) is 0 Å². The van der Waals surface area contributed by atoms with Crippen molar-refractivity contribution >= 4 is 40.4 Å². The van der Waals surface area contributed by atoms with Crippen molar-refractivity contribution in [1.29, 1.82) is 0 Å². The molecule has 7 heteroatoms. The average molecular weight is 354 g/mol. The highest BCUT2D eigenvalue weighted by Crippen LogP contribution is 2.35. The van der Waals surface area contributed by atoms with Gasteiger partial charge in [-0.25, -0.2) is 15.0 Å². The van der Waals surface area contributed by atoms with E-state index >= 15 is 0 Å². The lowest BCUT2D eigenvalue weighted by atomic mass is 10.2. The van der Waals surface area contributed by atoms with E-state index in [-0.39, 0.29) is 0 Å². The number of anilines is 3. The summed E-state index contributed by atoms with van der Waals surface area (Å²) in [5.41, 5.74) is 3.69. The Morgan fingerprint density at radius 2 is 2.15 bits per heavy atom. The Morgan fingerprint density at radius 1 is 1.22 bits per heavy atom. The van der Waals surface area contributed by atoms with Crippen molar-refractivity contribution in [2.45, 2.75) is 12.8 Å². The first kappa shape index (κ1) is 15.4. The van der Waals surface area contributed by atoms with Crippen LogP contribution in [0.1, 0.15) is 18.4 Å². The molecular formula is C20H16N7+. The molecule has 2 aromatic heterocycles. The lowest BCUT2D eigenvalue weighted by Crippen LogP contribution is -2.13. The molecule has 1 aromatic carbocycles. The molecule has 27 heavy (non-hydrogen) atoms. The van der Waals surface area contributed by atoms with Crippen molar-refractivity contribution < 1.29 is 0 Å². The number of fused-ring (bicyclic) bond motifs is 1. The second kappa shape index (κ2) is 6.13. The quantitative estimate of drug-likeness (QED) is 0.494. The third-order valence-electron chi connectivity index (χ3n) is 4.59. The van der Waals surface area contributed by atoms with Crippen LogP contribution < -0.4 is 15.3 Å². The summed E-state index contributed by atoms with van der Waals surface area (Å²) in [6, 6.07) is 5.87. The summed E-state index contributed by atoms with van der Waals surface area (Å²) in [4.78, 5) is 8.84. The number of aromatic amines is 1. The van der Waals surface area contributed by atoms with E-state index < -0.39 is 0 Å². The van der Waals surface area contributed by atoms with Gasteiger partial charge in [-0.3, -0.25) is 5.10 Å². The maximum Gasteiger partial charge on any atom is 0.374 e. The molecule has 1 aliphatic carbocycles. The van der Waals surface area contributed by atoms with Gasteiger partial charge < -0.3 is 5.32 Å². The standard InChI is InChI=1S/C20H15N7/c1-2-12-9-22-20(24-16-5-6-17-15(7-16)11-23-27-17)26-19(12)25-18-8-14(10-21-18)13-3-4-13/h1,5-11,13H,3-4H2,(H2,21,22,23,24,25,26,27)/p+1. The number of amidine groups is 1. The second-order valence-corrected chi connectivity index (χ2v) is 6.58. The third kappa shape index (κ3) is 3.06. The topological polar surface area (TPSA) is 92.6 Å². The molecule has 1 saturated carbocycles. The van der Waals surface area contributed by atoms with Gasteiger partial charge in [0.1, 0.15) is 5.56 Å². The first-order valence-corrected chi connectivity index (χ1v) is 8.72. The molecule has 3 aromatic rings. The summed E-state index contributed by atoms with van der Waals surface area (Å²) < 4.78 is 4.42. The molecule has 130 valence electrons. The Morgan fingerprint density at radius 3 is 3.00 bits per heavy atom. The highest BCUT2D eigenvalue weighted by molar-refractivity contribution is 6.11. The molecule has 1 aliphatic heterocycles. The molecule has 0 saturated heterocycles. The highest BCUT2D eigenvalue weighted by atomic mass is 15.2. The van der Waals surface area contributed by atoms with Gasteiger partial charge in [0, 0.05) is 16.6 Å². The van der Waals surface area contributed by atoms with Crippen molar-refractivity contribution in [2.24, 2.45) is 5.92 Å². The van der Waals surface area contributed by atoms with E-state index in [2.05, 4.69) is 47.5 Å². The highest BCUT2D eigenvalue weighted by Gasteiger charge is 2.30. The van der Waals surface area contributed by atoms with Crippen LogP contribution in [0.4, 0.5) is 17.5 Å². The van der Waals surface area contributed by atoms with Crippen LogP contribution in [0.5, 0.6) is 0 Å². The van der Waals surface area contributed by atoms with Gasteiger partial charge in [-0.1, -0.05) is 5.92 Å². The molecule has 7 nitrogen and oxygen atoms in total. The molecule has 0 bridgehead atoms. The summed E-state index contributed by atoms with van der Waals surface area (Å²) in [7, 11) is 0. The number of hydrogen-bond donors (Lipinski definition) is 3. The molecule has 0 unspecified atom stereocenters. The minimum atomic E-state index is 0.452. The van der Waals surface area contributed by atoms with Crippen LogP contribution in [0, 0.1) is 18.3 Å². The van der Waals surface area contributed by atoms with Gasteiger partial charge in [0.25, 0.3) is 0 Å². The smallest absolute Gasteiger partial charge is 0.324 e. The van der Waals surface area contributed by atoms with E-state index in [9.17, 15) is 0 Å². The lowest BCUT2D eigenvalue weighted by Gasteiger charge is -2.06. The molecule has 0 amide bonds. The number of rotatable bonds is 4. The Bertz CT molecular complexity index is 1180. The zero-order valence-electron chi connectivity index (χ0n) is 14.4. The zero-order valence-corrected chi connectivity index (χ0v) is 14.4. The predicted octanol–water partition coefficient (Wildman–Crippen LogP) is 2.38. The minimum absolute atomic E-state index is 0.452. The minimum Gasteiger partial charge on any atom is -0.324 e. The summed E-state index contributed by atoms with van der Waals surface area (Å²) in [6.45, 7) is 0. The molecule has 3 N–H and O–H groups in total. The van der Waals surface area contributed by atoms with Crippen molar-refractivity contribution in [2.75, 3.05) is 10.6 Å². The first-order valence-electron chi connectivity index (χ1n) is 8.72. The fourth-order valence-electron chi connectivity index (χ4n) is 3.00. The maximum atomic E-state index is 5.60. The van der Waals surface area contributed by atoms with E-state index in [0.717, 1.165) is 22.4 Å². The number of aromatic nitrogens is 4. The second-order valence-electron chi connectivity index (χ2n) is 6.58. The van der Waals surface area contributed by atoms with E-state index in [1.165, 1.54) is 18.4 Å². The average Bonchev–Trinajstić information content (AvgIpc) is 3.24. The predicted molar refractivity (Wildman–Crippen MR) is 107 cm³/mol. The van der Waals surface area contributed by atoms with Gasteiger partial charge >= 0.3 is 5.84 Å². The largest absolute Gasteiger partial charge is 0.374 e. The number of H-pyrrole nitrogens is 1. The molecule has 3 heterocycles. The fourth-order valence-corrected chi connectivity index (χ4v) is 3.00. The summed E-state index contributed by atoms with van der Waals surface area (Å²) in [6.07, 6.45) is 15.4. The van der Waals surface area contributed by atoms with Gasteiger partial charge in [0.05, 0.1) is 24.0 Å². The Balaban J connectivity index is 1.40. The van der Waals surface area contributed by atoms with Crippen LogP contribution in [-0.2, 0) is 0 Å². The van der Waals surface area contributed by atoms with Gasteiger partial charge in [-0.05, 0) is 37.0 Å². The SMILES string of the molecule is C#Cc1cnc(Nc2ccc3[nH]ncc3c2)nc1NC1=[N+]=CC(C2CC2)=C1. The number of benzene rings is 1. The van der Waals surface area contributed by atoms with Crippen LogP contribution in [0.15, 0.2) is 42.2 Å². The number of nitrogens with zero attached hydrogens (tertiary/aromatic N) is 4. The number of nitrogens with one attached hydrogen (secondary N) is 3. The van der Waals surface area contributed by atoms with E-state index in [1.54, 1.807) is 12.4 Å². The maximum absolute atomic E-state index is 5.60.